The van der Waals surface area contributed by atoms with Crippen LogP contribution in [-0.4, -0.2) is 54.3 Å². The van der Waals surface area contributed by atoms with Gasteiger partial charge in [0, 0.05) is 31.9 Å². The number of rotatable bonds is 6. The van der Waals surface area contributed by atoms with Gasteiger partial charge in [0.05, 0.1) is 24.9 Å². The molecular weight excluding hydrogens is 397 g/mol. The van der Waals surface area contributed by atoms with E-state index in [4.69, 9.17) is 4.42 Å². The van der Waals surface area contributed by atoms with E-state index in [2.05, 4.69) is 0 Å². The van der Waals surface area contributed by atoms with E-state index < -0.39 is 5.82 Å². The molecular formula is C24H24FN3O3. The number of para-hydroxylation sites is 1. The largest absolute Gasteiger partial charge is 0.467 e. The van der Waals surface area contributed by atoms with Crippen LogP contribution in [0.3, 0.4) is 0 Å². The third kappa shape index (κ3) is 5.00. The summed E-state index contributed by atoms with van der Waals surface area (Å²) in [5.41, 5.74) is 0.887. The number of piperazine rings is 1. The minimum Gasteiger partial charge on any atom is -0.467 e. The normalized spacial score (nSPS) is 14.4. The number of halogens is 1. The predicted octanol–water partition coefficient (Wildman–Crippen LogP) is 3.41. The van der Waals surface area contributed by atoms with E-state index in [0.29, 0.717) is 38.5 Å². The molecule has 2 amide bonds. The molecule has 0 unspecified atom stereocenters. The van der Waals surface area contributed by atoms with Gasteiger partial charge in [-0.05, 0) is 36.4 Å². The second-order valence-corrected chi connectivity index (χ2v) is 7.44. The number of amides is 2. The van der Waals surface area contributed by atoms with Crippen molar-refractivity contribution in [3.05, 3.63) is 90.1 Å². The maximum Gasteiger partial charge on any atom is 0.256 e. The molecule has 4 rings (SSSR count). The molecule has 1 fully saturated rings. The van der Waals surface area contributed by atoms with Crippen molar-refractivity contribution in [3.8, 4) is 0 Å². The standard InChI is InChI=1S/C24H24FN3O3/c25-22-11-5-4-10-21(22)24(30)27-14-12-26(13-15-27)18-23(29)28(17-20-9-6-16-31-20)19-7-2-1-3-8-19/h1-11,16H,12-15,17-18H2. The van der Waals surface area contributed by atoms with Crippen LogP contribution in [0.5, 0.6) is 0 Å². The zero-order valence-corrected chi connectivity index (χ0v) is 17.1. The lowest BCUT2D eigenvalue weighted by Gasteiger charge is -2.35. The zero-order valence-electron chi connectivity index (χ0n) is 17.1. The Morgan fingerprint density at radius 1 is 0.903 bits per heavy atom. The lowest BCUT2D eigenvalue weighted by Crippen LogP contribution is -2.51. The summed E-state index contributed by atoms with van der Waals surface area (Å²) >= 11 is 0. The number of hydrogen-bond donors (Lipinski definition) is 0. The fourth-order valence-corrected chi connectivity index (χ4v) is 3.68. The Morgan fingerprint density at radius 2 is 1.61 bits per heavy atom. The molecule has 7 heteroatoms. The fraction of sp³-hybridized carbons (Fsp3) is 0.250. The van der Waals surface area contributed by atoms with E-state index >= 15 is 0 Å². The number of carbonyl (C=O) groups excluding carboxylic acids is 2. The molecule has 0 bridgehead atoms. The average Bonchev–Trinajstić information content (AvgIpc) is 3.32. The molecule has 0 radical (unpaired) electrons. The molecule has 0 N–H and O–H groups in total. The van der Waals surface area contributed by atoms with Gasteiger partial charge in [-0.1, -0.05) is 30.3 Å². The molecule has 31 heavy (non-hydrogen) atoms. The molecule has 0 atom stereocenters. The van der Waals surface area contributed by atoms with E-state index in [-0.39, 0.29) is 23.9 Å². The van der Waals surface area contributed by atoms with Crippen molar-refractivity contribution in [1.29, 1.82) is 0 Å². The number of carbonyl (C=O) groups is 2. The monoisotopic (exact) mass is 421 g/mol. The highest BCUT2D eigenvalue weighted by atomic mass is 19.1. The molecule has 1 aromatic heterocycles. The number of hydrogen-bond acceptors (Lipinski definition) is 4. The van der Waals surface area contributed by atoms with Crippen LogP contribution in [0.4, 0.5) is 10.1 Å². The number of furan rings is 1. The molecule has 2 aromatic carbocycles. The highest BCUT2D eigenvalue weighted by Crippen LogP contribution is 2.18. The minimum absolute atomic E-state index is 0.0449. The van der Waals surface area contributed by atoms with Gasteiger partial charge in [0.2, 0.25) is 5.91 Å². The smallest absolute Gasteiger partial charge is 0.256 e. The van der Waals surface area contributed by atoms with Crippen LogP contribution in [0.25, 0.3) is 0 Å². The van der Waals surface area contributed by atoms with Crippen LogP contribution in [0.15, 0.2) is 77.4 Å². The average molecular weight is 421 g/mol. The summed E-state index contributed by atoms with van der Waals surface area (Å²) in [4.78, 5) is 31.1. The Morgan fingerprint density at radius 3 is 2.29 bits per heavy atom. The number of benzene rings is 2. The van der Waals surface area contributed by atoms with Crippen LogP contribution in [0.2, 0.25) is 0 Å². The quantitative estimate of drug-likeness (QED) is 0.612. The predicted molar refractivity (Wildman–Crippen MR) is 115 cm³/mol. The maximum atomic E-state index is 13.9. The SMILES string of the molecule is O=C(c1ccccc1F)N1CCN(CC(=O)N(Cc2ccco2)c2ccccc2)CC1. The van der Waals surface area contributed by atoms with Crippen LogP contribution in [-0.2, 0) is 11.3 Å². The van der Waals surface area contributed by atoms with Gasteiger partial charge in [0.25, 0.3) is 5.91 Å². The molecule has 2 heterocycles. The summed E-state index contributed by atoms with van der Waals surface area (Å²) in [6, 6.07) is 19.1. The summed E-state index contributed by atoms with van der Waals surface area (Å²) in [7, 11) is 0. The van der Waals surface area contributed by atoms with E-state index in [9.17, 15) is 14.0 Å². The Kier molecular flexibility index (Phi) is 6.43. The Balaban J connectivity index is 1.38. The molecule has 0 saturated carbocycles. The lowest BCUT2D eigenvalue weighted by molar-refractivity contribution is -0.120. The maximum absolute atomic E-state index is 13.9. The van der Waals surface area contributed by atoms with Crippen LogP contribution in [0, 0.1) is 5.82 Å². The molecule has 1 aliphatic heterocycles. The van der Waals surface area contributed by atoms with Crippen LogP contribution >= 0.6 is 0 Å². The Hall–Kier alpha value is -3.45. The Bertz CT molecular complexity index is 1020. The first-order valence-electron chi connectivity index (χ1n) is 10.3. The lowest BCUT2D eigenvalue weighted by atomic mass is 10.1. The van der Waals surface area contributed by atoms with Crippen molar-refractivity contribution in [3.63, 3.8) is 0 Å². The third-order valence-electron chi connectivity index (χ3n) is 5.39. The van der Waals surface area contributed by atoms with Gasteiger partial charge in [0.1, 0.15) is 11.6 Å². The van der Waals surface area contributed by atoms with Crippen molar-refractivity contribution in [1.82, 2.24) is 9.80 Å². The van der Waals surface area contributed by atoms with Gasteiger partial charge in [-0.3, -0.25) is 14.5 Å². The highest BCUT2D eigenvalue weighted by Gasteiger charge is 2.26. The number of nitrogens with zero attached hydrogens (tertiary/aromatic N) is 3. The molecule has 6 nitrogen and oxygen atoms in total. The fourth-order valence-electron chi connectivity index (χ4n) is 3.68. The van der Waals surface area contributed by atoms with Gasteiger partial charge in [-0.25, -0.2) is 4.39 Å². The van der Waals surface area contributed by atoms with Gasteiger partial charge in [0.15, 0.2) is 0 Å². The van der Waals surface area contributed by atoms with Gasteiger partial charge in [-0.15, -0.1) is 0 Å². The first-order chi connectivity index (χ1) is 15.1. The van der Waals surface area contributed by atoms with Crippen molar-refractivity contribution in [2.24, 2.45) is 0 Å². The molecule has 0 aliphatic carbocycles. The summed E-state index contributed by atoms with van der Waals surface area (Å²) in [6.07, 6.45) is 1.59. The van der Waals surface area contributed by atoms with E-state index in [1.54, 1.807) is 34.3 Å². The Labute approximate surface area is 180 Å². The second-order valence-electron chi connectivity index (χ2n) is 7.44. The second kappa shape index (κ2) is 9.57. The summed E-state index contributed by atoms with van der Waals surface area (Å²) in [6.45, 7) is 2.58. The summed E-state index contributed by atoms with van der Waals surface area (Å²) < 4.78 is 19.4. The van der Waals surface area contributed by atoms with Gasteiger partial charge in [-0.2, -0.15) is 0 Å². The van der Waals surface area contributed by atoms with Crippen molar-refractivity contribution in [2.75, 3.05) is 37.6 Å². The van der Waals surface area contributed by atoms with E-state index in [1.165, 1.54) is 12.1 Å². The molecule has 160 valence electrons. The minimum atomic E-state index is -0.512. The van der Waals surface area contributed by atoms with E-state index in [1.807, 2.05) is 41.3 Å². The van der Waals surface area contributed by atoms with Crippen molar-refractivity contribution >= 4 is 17.5 Å². The van der Waals surface area contributed by atoms with Crippen LogP contribution < -0.4 is 4.90 Å². The van der Waals surface area contributed by atoms with Crippen molar-refractivity contribution < 1.29 is 18.4 Å². The van der Waals surface area contributed by atoms with Crippen molar-refractivity contribution in [2.45, 2.75) is 6.54 Å². The molecule has 1 aliphatic rings. The topological polar surface area (TPSA) is 57.0 Å². The summed E-state index contributed by atoms with van der Waals surface area (Å²) in [5, 5.41) is 0. The summed E-state index contributed by atoms with van der Waals surface area (Å²) in [5.74, 6) is -0.164. The van der Waals surface area contributed by atoms with Gasteiger partial charge < -0.3 is 14.2 Å². The molecule has 1 saturated heterocycles. The van der Waals surface area contributed by atoms with E-state index in [0.717, 1.165) is 5.69 Å². The first-order valence-corrected chi connectivity index (χ1v) is 10.3. The third-order valence-corrected chi connectivity index (χ3v) is 5.39. The number of anilines is 1. The van der Waals surface area contributed by atoms with Crippen LogP contribution in [0.1, 0.15) is 16.1 Å². The zero-order chi connectivity index (χ0) is 21.6. The molecule has 0 spiro atoms. The first kappa shape index (κ1) is 20.8. The van der Waals surface area contributed by atoms with Gasteiger partial charge >= 0.3 is 0 Å². The molecule has 3 aromatic rings. The highest BCUT2D eigenvalue weighted by molar-refractivity contribution is 5.95.